The lowest BCUT2D eigenvalue weighted by molar-refractivity contribution is -0.169. The van der Waals surface area contributed by atoms with Crippen molar-refractivity contribution in [1.29, 1.82) is 0 Å². The zero-order valence-electron chi connectivity index (χ0n) is 11.3. The van der Waals surface area contributed by atoms with Crippen LogP contribution in [-0.2, 0) is 21.9 Å². The Balaban J connectivity index is 3.12. The van der Waals surface area contributed by atoms with Crippen molar-refractivity contribution in [1.82, 2.24) is 0 Å². The first-order valence-corrected chi connectivity index (χ1v) is 8.27. The molecule has 0 N–H and O–H groups in total. The van der Waals surface area contributed by atoms with Gasteiger partial charge in [0.15, 0.2) is 0 Å². The fourth-order valence-electron chi connectivity index (χ4n) is 1.60. The predicted octanol–water partition coefficient (Wildman–Crippen LogP) is 4.53. The number of nitrogens with zero attached hydrogens (tertiary/aromatic N) is 1. The molecule has 1 aromatic rings. The van der Waals surface area contributed by atoms with Crippen LogP contribution in [0.5, 0.6) is 0 Å². The van der Waals surface area contributed by atoms with Crippen molar-refractivity contribution >= 4 is 32.5 Å². The normalized spacial score (nSPS) is 13.8. The molecule has 0 aliphatic heterocycles. The van der Waals surface area contributed by atoms with E-state index in [1.807, 2.05) is 6.07 Å². The molecule has 7 heteroatoms. The van der Waals surface area contributed by atoms with Gasteiger partial charge >= 0.3 is 12.1 Å². The van der Waals surface area contributed by atoms with Gasteiger partial charge in [0.25, 0.3) is 0 Å². The van der Waals surface area contributed by atoms with Crippen molar-refractivity contribution in [2.45, 2.75) is 31.3 Å². The Morgan fingerprint density at radius 3 is 2.50 bits per heavy atom. The Morgan fingerprint density at radius 2 is 2.00 bits per heavy atom. The van der Waals surface area contributed by atoms with E-state index in [1.54, 1.807) is 12.1 Å². The third-order valence-electron chi connectivity index (χ3n) is 2.42. The Bertz CT molecular complexity index is 541. The van der Waals surface area contributed by atoms with E-state index in [9.17, 15) is 18.0 Å². The average molecular weight is 370 g/mol. The van der Waals surface area contributed by atoms with Crippen molar-refractivity contribution in [3.8, 4) is 0 Å². The third-order valence-corrected chi connectivity index (χ3v) is 4.79. The molecule has 1 atom stereocenters. The molecule has 0 saturated heterocycles. The van der Waals surface area contributed by atoms with E-state index in [0.29, 0.717) is 15.3 Å². The fraction of sp³-hybridized carbons (Fsp3) is 0.462. The lowest BCUT2D eigenvalue weighted by Crippen LogP contribution is -2.20. The summed E-state index contributed by atoms with van der Waals surface area (Å²) in [4.78, 5) is 11.5. The van der Waals surface area contributed by atoms with Gasteiger partial charge in [-0.2, -0.15) is 17.5 Å². The van der Waals surface area contributed by atoms with Crippen LogP contribution in [0.3, 0.4) is 0 Å². The summed E-state index contributed by atoms with van der Waals surface area (Å²) in [7, 11) is -1.14. The van der Waals surface area contributed by atoms with E-state index in [1.165, 1.54) is 6.26 Å². The molecule has 2 nitrogen and oxygen atoms in total. The first-order chi connectivity index (χ1) is 9.11. The standard InChI is InChI=1S/C13H15BrF3NOS/c1-8(2)6-9-4-5-10(14)11(7-9)20(3)18-12(19)13(15,16)17/h4-5,7-8H,6H2,1-3H3. The van der Waals surface area contributed by atoms with Crippen molar-refractivity contribution in [3.63, 3.8) is 0 Å². The first kappa shape index (κ1) is 17.4. The van der Waals surface area contributed by atoms with Gasteiger partial charge in [0.2, 0.25) is 0 Å². The molecule has 0 radical (unpaired) electrons. The average Bonchev–Trinajstić information content (AvgIpc) is 2.29. The molecule has 1 aromatic carbocycles. The van der Waals surface area contributed by atoms with Crippen LogP contribution >= 0.6 is 15.9 Å². The maximum Gasteiger partial charge on any atom is 0.474 e. The van der Waals surface area contributed by atoms with E-state index in [2.05, 4.69) is 34.1 Å². The van der Waals surface area contributed by atoms with Gasteiger partial charge in [-0.15, -0.1) is 0 Å². The summed E-state index contributed by atoms with van der Waals surface area (Å²) in [5, 5.41) is 0. The number of carbonyl (C=O) groups is 1. The van der Waals surface area contributed by atoms with Crippen LogP contribution in [0.4, 0.5) is 13.2 Å². The molecule has 0 heterocycles. The second-order valence-corrected chi connectivity index (χ2v) is 7.17. The maximum atomic E-state index is 12.2. The van der Waals surface area contributed by atoms with Crippen LogP contribution in [0, 0.1) is 5.92 Å². The predicted molar refractivity (Wildman–Crippen MR) is 77.7 cm³/mol. The Hall–Kier alpha value is -0.690. The fourth-order valence-corrected chi connectivity index (χ4v) is 3.67. The minimum Gasteiger partial charge on any atom is -0.261 e. The first-order valence-electron chi connectivity index (χ1n) is 5.88. The molecule has 0 fully saturated rings. The van der Waals surface area contributed by atoms with Crippen molar-refractivity contribution in [2.75, 3.05) is 6.26 Å². The number of alkyl halides is 3. The smallest absolute Gasteiger partial charge is 0.261 e. The zero-order chi connectivity index (χ0) is 15.5. The minimum atomic E-state index is -4.91. The highest BCUT2D eigenvalue weighted by Crippen LogP contribution is 2.25. The SMILES string of the molecule is CC(C)Cc1ccc(Br)c(S(C)=NC(=O)C(F)(F)F)c1. The number of halogens is 4. The molecular weight excluding hydrogens is 355 g/mol. The quantitative estimate of drug-likeness (QED) is 0.769. The number of amides is 1. The van der Waals surface area contributed by atoms with Gasteiger partial charge in [-0.3, -0.25) is 4.79 Å². The summed E-state index contributed by atoms with van der Waals surface area (Å²) in [5.41, 5.74) is 1.02. The molecular formula is C13H15BrF3NOS. The van der Waals surface area contributed by atoms with Gasteiger partial charge in [0.05, 0.1) is 0 Å². The zero-order valence-corrected chi connectivity index (χ0v) is 13.7. The second kappa shape index (κ2) is 6.85. The molecule has 1 unspecified atom stereocenters. The van der Waals surface area contributed by atoms with E-state index in [4.69, 9.17) is 0 Å². The highest BCUT2D eigenvalue weighted by atomic mass is 79.9. The summed E-state index contributed by atoms with van der Waals surface area (Å²) in [6.45, 7) is 4.12. The number of rotatable bonds is 3. The van der Waals surface area contributed by atoms with Gasteiger partial charge < -0.3 is 0 Å². The Labute approximate surface area is 127 Å². The van der Waals surface area contributed by atoms with E-state index >= 15 is 0 Å². The van der Waals surface area contributed by atoms with Gasteiger partial charge in [-0.25, -0.2) is 0 Å². The molecule has 1 amide bonds. The number of carbonyl (C=O) groups excluding carboxylic acids is 1. The number of benzene rings is 1. The Kier molecular flexibility index (Phi) is 5.94. The number of hydrogen-bond donors (Lipinski definition) is 0. The lowest BCUT2D eigenvalue weighted by Gasteiger charge is -2.10. The van der Waals surface area contributed by atoms with Crippen molar-refractivity contribution < 1.29 is 18.0 Å². The highest BCUT2D eigenvalue weighted by Gasteiger charge is 2.38. The minimum absolute atomic E-state index is 0.441. The summed E-state index contributed by atoms with van der Waals surface area (Å²) in [6.07, 6.45) is -2.59. The molecule has 1 rings (SSSR count). The topological polar surface area (TPSA) is 29.4 Å². The molecule has 0 saturated carbocycles. The van der Waals surface area contributed by atoms with E-state index in [0.717, 1.165) is 12.0 Å². The summed E-state index contributed by atoms with van der Waals surface area (Å²) in [6, 6.07) is 5.50. The molecule has 0 bridgehead atoms. The largest absolute Gasteiger partial charge is 0.474 e. The van der Waals surface area contributed by atoms with E-state index < -0.39 is 22.8 Å². The van der Waals surface area contributed by atoms with Crippen LogP contribution in [0.15, 0.2) is 31.9 Å². The van der Waals surface area contributed by atoms with Crippen molar-refractivity contribution in [3.05, 3.63) is 28.2 Å². The van der Waals surface area contributed by atoms with Gasteiger partial charge in [-0.1, -0.05) is 30.6 Å². The third kappa shape index (κ3) is 5.01. The van der Waals surface area contributed by atoms with Crippen LogP contribution in [0.25, 0.3) is 0 Å². The molecule has 0 aromatic heterocycles. The van der Waals surface area contributed by atoms with E-state index in [-0.39, 0.29) is 0 Å². The molecule has 0 aliphatic carbocycles. The summed E-state index contributed by atoms with van der Waals surface area (Å²) < 4.78 is 40.6. The molecule has 0 spiro atoms. The van der Waals surface area contributed by atoms with Crippen LogP contribution in [0.1, 0.15) is 19.4 Å². The molecule has 0 aliphatic rings. The number of hydrogen-bond acceptors (Lipinski definition) is 1. The van der Waals surface area contributed by atoms with Crippen LogP contribution in [-0.4, -0.2) is 18.3 Å². The highest BCUT2D eigenvalue weighted by molar-refractivity contribution is 9.10. The second-order valence-electron chi connectivity index (χ2n) is 4.73. The molecule has 20 heavy (non-hydrogen) atoms. The van der Waals surface area contributed by atoms with Gasteiger partial charge in [0, 0.05) is 9.37 Å². The molecule has 112 valence electrons. The lowest BCUT2D eigenvalue weighted by atomic mass is 10.0. The maximum absolute atomic E-state index is 12.2. The monoisotopic (exact) mass is 369 g/mol. The van der Waals surface area contributed by atoms with Crippen LogP contribution < -0.4 is 0 Å². The summed E-state index contributed by atoms with van der Waals surface area (Å²) >= 11 is 3.29. The Morgan fingerprint density at radius 1 is 1.40 bits per heavy atom. The summed E-state index contributed by atoms with van der Waals surface area (Å²) in [5.74, 6) is -1.60. The van der Waals surface area contributed by atoms with Crippen LogP contribution in [0.2, 0.25) is 0 Å². The van der Waals surface area contributed by atoms with Gasteiger partial charge in [0.1, 0.15) is 0 Å². The van der Waals surface area contributed by atoms with Gasteiger partial charge in [-0.05, 0) is 52.2 Å². The van der Waals surface area contributed by atoms with Crippen molar-refractivity contribution in [2.24, 2.45) is 10.3 Å².